The lowest BCUT2D eigenvalue weighted by atomic mass is 9.43. The van der Waals surface area contributed by atoms with E-state index in [2.05, 4.69) is 0 Å². The second-order valence-corrected chi connectivity index (χ2v) is 10.7. The first-order chi connectivity index (χ1) is 14.5. The van der Waals surface area contributed by atoms with Gasteiger partial charge in [0.2, 0.25) is 0 Å². The predicted octanol–water partition coefficient (Wildman–Crippen LogP) is -0.224. The molecule has 2 aliphatic heterocycles. The number of ether oxygens (including phenoxy) is 2. The minimum atomic E-state index is -1.52. The third kappa shape index (κ3) is 2.01. The van der Waals surface area contributed by atoms with Crippen molar-refractivity contribution in [1.82, 2.24) is 0 Å². The lowest BCUT2D eigenvalue weighted by molar-refractivity contribution is -0.215. The third-order valence-electron chi connectivity index (χ3n) is 9.67. The number of fused-ring (bicyclic) bond motifs is 3. The van der Waals surface area contributed by atoms with Crippen LogP contribution in [0.2, 0.25) is 0 Å². The summed E-state index contributed by atoms with van der Waals surface area (Å²) in [5.74, 6) is -2.06. The van der Waals surface area contributed by atoms with Gasteiger partial charge in [0.05, 0.1) is 23.7 Å². The lowest BCUT2D eigenvalue weighted by Gasteiger charge is -2.60. The van der Waals surface area contributed by atoms with Crippen LogP contribution in [0.5, 0.6) is 0 Å². The monoisotopic (exact) mass is 432 g/mol. The van der Waals surface area contributed by atoms with E-state index in [0.29, 0.717) is 24.8 Å². The van der Waals surface area contributed by atoms with Gasteiger partial charge in [-0.15, -0.1) is 0 Å². The van der Waals surface area contributed by atoms with E-state index in [1.807, 2.05) is 6.92 Å². The average molecular weight is 432 g/mol. The molecule has 8 nitrogen and oxygen atoms in total. The fourth-order valence-corrected chi connectivity index (χ4v) is 8.14. The molecule has 2 heterocycles. The van der Waals surface area contributed by atoms with Crippen molar-refractivity contribution in [3.8, 4) is 0 Å². The maximum atomic E-state index is 13.8. The second-order valence-electron chi connectivity index (χ2n) is 10.7. The van der Waals surface area contributed by atoms with Crippen LogP contribution in [0, 0.1) is 22.7 Å². The van der Waals surface area contributed by atoms with Crippen LogP contribution in [-0.2, 0) is 19.1 Å². The fourth-order valence-electron chi connectivity index (χ4n) is 8.14. The smallest absolute Gasteiger partial charge is 0.331 e. The van der Waals surface area contributed by atoms with E-state index < -0.39 is 63.9 Å². The Labute approximate surface area is 179 Å². The molecule has 31 heavy (non-hydrogen) atoms. The van der Waals surface area contributed by atoms with E-state index in [1.165, 1.54) is 6.08 Å². The SMILES string of the molecule is C[C@]12C[C@@H](O)[C@H](O)C=C1C[C@@H]1O[C@]13[C@@H]2[C@H](O)C(=O)[C@]1(C)[C@@H](C2=CC(=O)OC2)CC[C@]31O. The standard InChI is InChI=1S/C23H28O8/c1-20-8-14(25)13(24)6-11(20)7-15-23(31-15)18(20)17(27)19(28)21(2)12(3-4-22(21,23)29)10-5-16(26)30-9-10/h5-6,12-15,17-18,24-25,27,29H,3-4,7-9H2,1-2H3/t12-,13-,14-,15+,17+,18-,20+,21+,22-,23+/m1/s1. The number of rotatable bonds is 1. The molecule has 4 aliphatic carbocycles. The van der Waals surface area contributed by atoms with Crippen molar-refractivity contribution in [1.29, 1.82) is 0 Å². The molecule has 4 fully saturated rings. The van der Waals surface area contributed by atoms with Gasteiger partial charge in [0.1, 0.15) is 23.9 Å². The van der Waals surface area contributed by atoms with Gasteiger partial charge >= 0.3 is 5.97 Å². The van der Waals surface area contributed by atoms with Crippen LogP contribution >= 0.6 is 0 Å². The Bertz CT molecular complexity index is 971. The summed E-state index contributed by atoms with van der Waals surface area (Å²) in [6, 6.07) is 0. The number of ketones is 1. The predicted molar refractivity (Wildman–Crippen MR) is 104 cm³/mol. The first kappa shape index (κ1) is 20.1. The number of aliphatic hydroxyl groups excluding tert-OH is 3. The maximum Gasteiger partial charge on any atom is 0.331 e. The van der Waals surface area contributed by atoms with Crippen LogP contribution in [0.15, 0.2) is 23.3 Å². The molecular formula is C23H28O8. The highest BCUT2D eigenvalue weighted by Crippen LogP contribution is 2.76. The van der Waals surface area contributed by atoms with Gasteiger partial charge in [0.15, 0.2) is 5.78 Å². The minimum Gasteiger partial charge on any atom is -0.458 e. The van der Waals surface area contributed by atoms with Crippen LogP contribution in [0.4, 0.5) is 0 Å². The molecule has 1 spiro atoms. The number of cyclic esters (lactones) is 1. The highest BCUT2D eigenvalue weighted by molar-refractivity contribution is 5.94. The molecule has 8 heteroatoms. The van der Waals surface area contributed by atoms with E-state index in [4.69, 9.17) is 9.47 Å². The van der Waals surface area contributed by atoms with Gasteiger partial charge in [0.25, 0.3) is 0 Å². The molecule has 0 aromatic rings. The van der Waals surface area contributed by atoms with E-state index >= 15 is 0 Å². The largest absolute Gasteiger partial charge is 0.458 e. The molecule has 0 radical (unpaired) electrons. The molecule has 4 N–H and O–H groups in total. The molecule has 0 aromatic heterocycles. The molecule has 168 valence electrons. The van der Waals surface area contributed by atoms with Gasteiger partial charge in [-0.05, 0) is 49.5 Å². The third-order valence-corrected chi connectivity index (χ3v) is 9.67. The van der Waals surface area contributed by atoms with Gasteiger partial charge in [-0.25, -0.2) is 4.79 Å². The Morgan fingerprint density at radius 1 is 1.16 bits per heavy atom. The second kappa shape index (κ2) is 5.66. The van der Waals surface area contributed by atoms with Crippen molar-refractivity contribution in [2.24, 2.45) is 22.7 Å². The Balaban J connectivity index is 1.50. The van der Waals surface area contributed by atoms with Crippen LogP contribution < -0.4 is 0 Å². The van der Waals surface area contributed by atoms with E-state index in [-0.39, 0.29) is 19.1 Å². The molecule has 6 rings (SSSR count). The molecule has 1 saturated heterocycles. The van der Waals surface area contributed by atoms with Crippen LogP contribution in [0.3, 0.4) is 0 Å². The Hall–Kier alpha value is -1.58. The van der Waals surface area contributed by atoms with Gasteiger partial charge in [-0.2, -0.15) is 0 Å². The molecule has 0 aromatic carbocycles. The highest BCUT2D eigenvalue weighted by Gasteiger charge is 2.88. The normalized spacial score (nSPS) is 57.2. The number of hydrogen-bond acceptors (Lipinski definition) is 8. The average Bonchev–Trinajstić information content (AvgIpc) is 3.14. The number of Topliss-reactive ketones (excluding diaryl/α,β-unsaturated/α-hetero) is 1. The highest BCUT2D eigenvalue weighted by atomic mass is 16.6. The molecule has 10 atom stereocenters. The number of esters is 1. The quantitative estimate of drug-likeness (QED) is 0.254. The fraction of sp³-hybridized carbons (Fsp3) is 0.739. The van der Waals surface area contributed by atoms with Gasteiger partial charge in [-0.1, -0.05) is 18.6 Å². The van der Waals surface area contributed by atoms with E-state index in [0.717, 1.165) is 5.57 Å². The number of epoxide rings is 1. The number of hydrogen-bond donors (Lipinski definition) is 4. The Morgan fingerprint density at radius 3 is 2.58 bits per heavy atom. The summed E-state index contributed by atoms with van der Waals surface area (Å²) in [5.41, 5.74) is -3.20. The van der Waals surface area contributed by atoms with Crippen molar-refractivity contribution < 1.29 is 39.5 Å². The molecular weight excluding hydrogens is 404 g/mol. The summed E-state index contributed by atoms with van der Waals surface area (Å²) < 4.78 is 11.3. The molecule has 0 unspecified atom stereocenters. The lowest BCUT2D eigenvalue weighted by Crippen LogP contribution is -2.75. The molecule has 6 aliphatic rings. The van der Waals surface area contributed by atoms with Crippen molar-refractivity contribution in [2.75, 3.05) is 6.61 Å². The van der Waals surface area contributed by atoms with Gasteiger partial charge < -0.3 is 29.9 Å². The topological polar surface area (TPSA) is 137 Å². The summed E-state index contributed by atoms with van der Waals surface area (Å²) in [7, 11) is 0. The van der Waals surface area contributed by atoms with E-state index in [1.54, 1.807) is 13.0 Å². The van der Waals surface area contributed by atoms with Crippen molar-refractivity contribution in [3.63, 3.8) is 0 Å². The minimum absolute atomic E-state index is 0.0912. The van der Waals surface area contributed by atoms with Crippen molar-refractivity contribution >= 4 is 11.8 Å². The van der Waals surface area contributed by atoms with Crippen LogP contribution in [0.25, 0.3) is 0 Å². The van der Waals surface area contributed by atoms with Crippen LogP contribution in [-0.4, -0.2) is 74.4 Å². The summed E-state index contributed by atoms with van der Waals surface area (Å²) in [6.45, 7) is 3.67. The van der Waals surface area contributed by atoms with Gasteiger partial charge in [0, 0.05) is 12.0 Å². The Kier molecular flexibility index (Phi) is 3.66. The zero-order chi connectivity index (χ0) is 22.1. The number of carbonyl (C=O) groups excluding carboxylic acids is 2. The zero-order valence-corrected chi connectivity index (χ0v) is 17.6. The summed E-state index contributed by atoms with van der Waals surface area (Å²) in [4.78, 5) is 25.5. The van der Waals surface area contributed by atoms with Crippen molar-refractivity contribution in [2.45, 2.75) is 75.1 Å². The molecule has 0 bridgehead atoms. The maximum absolute atomic E-state index is 13.8. The molecule has 3 saturated carbocycles. The molecule has 0 amide bonds. The van der Waals surface area contributed by atoms with Crippen LogP contribution in [0.1, 0.15) is 39.5 Å². The number of aliphatic hydroxyl groups is 4. The van der Waals surface area contributed by atoms with Crippen molar-refractivity contribution in [3.05, 3.63) is 23.3 Å². The van der Waals surface area contributed by atoms with Gasteiger partial charge in [-0.3, -0.25) is 4.79 Å². The summed E-state index contributed by atoms with van der Waals surface area (Å²) >= 11 is 0. The first-order valence-electron chi connectivity index (χ1n) is 11.1. The Morgan fingerprint density at radius 2 is 1.90 bits per heavy atom. The first-order valence-corrected chi connectivity index (χ1v) is 11.1. The summed E-state index contributed by atoms with van der Waals surface area (Å²) in [6.07, 6.45) is 0.686. The van der Waals surface area contributed by atoms with E-state index in [9.17, 15) is 30.0 Å². The number of carbonyl (C=O) groups is 2. The summed E-state index contributed by atoms with van der Waals surface area (Å²) in [5, 5.41) is 44.3. The zero-order valence-electron chi connectivity index (χ0n) is 17.6.